The minimum Gasteiger partial charge on any atom is -0.497 e. The molecule has 3 N–H and O–H groups in total. The smallest absolute Gasteiger partial charge is 0.304 e. The molecule has 1 unspecified atom stereocenters. The third-order valence-electron chi connectivity index (χ3n) is 2.81. The normalized spacial score (nSPS) is 12.2. The standard InChI is InChI=1S/C13H19NO3/c1-8-4-11(17-3)5-9(2)12(8)6-10(14)7-13(15)16/h4-5,10H,6-7,14H2,1-3H3,(H,15,16). The lowest BCUT2D eigenvalue weighted by Crippen LogP contribution is -2.26. The van der Waals surface area contributed by atoms with Crippen LogP contribution >= 0.6 is 0 Å². The first kappa shape index (κ1) is 13.5. The molecule has 0 aliphatic carbocycles. The van der Waals surface area contributed by atoms with Crippen LogP contribution in [0.3, 0.4) is 0 Å². The summed E-state index contributed by atoms with van der Waals surface area (Å²) in [6, 6.07) is 3.53. The summed E-state index contributed by atoms with van der Waals surface area (Å²) in [7, 11) is 1.63. The molecule has 0 aliphatic heterocycles. The van der Waals surface area contributed by atoms with Gasteiger partial charge in [-0.1, -0.05) is 0 Å². The highest BCUT2D eigenvalue weighted by Crippen LogP contribution is 2.22. The molecule has 0 fully saturated rings. The highest BCUT2D eigenvalue weighted by atomic mass is 16.5. The molecule has 1 atom stereocenters. The summed E-state index contributed by atoms with van der Waals surface area (Å²) in [6.45, 7) is 3.97. The predicted octanol–water partition coefficient (Wildman–Crippen LogP) is 1.66. The van der Waals surface area contributed by atoms with Crippen molar-refractivity contribution >= 4 is 5.97 Å². The Balaban J connectivity index is 2.87. The Morgan fingerprint density at radius 3 is 2.35 bits per heavy atom. The second-order valence-electron chi connectivity index (χ2n) is 4.30. The van der Waals surface area contributed by atoms with Crippen LogP contribution < -0.4 is 10.5 Å². The van der Waals surface area contributed by atoms with E-state index in [1.54, 1.807) is 7.11 Å². The molecular formula is C13H19NO3. The number of benzene rings is 1. The Morgan fingerprint density at radius 2 is 1.94 bits per heavy atom. The molecule has 0 heterocycles. The van der Waals surface area contributed by atoms with E-state index < -0.39 is 5.97 Å². The number of carboxylic acid groups (broad SMARTS) is 1. The van der Waals surface area contributed by atoms with Gasteiger partial charge in [-0.05, 0) is 49.1 Å². The number of methoxy groups -OCH3 is 1. The van der Waals surface area contributed by atoms with Gasteiger partial charge in [0.15, 0.2) is 0 Å². The zero-order valence-corrected chi connectivity index (χ0v) is 10.5. The van der Waals surface area contributed by atoms with E-state index >= 15 is 0 Å². The first-order valence-electron chi connectivity index (χ1n) is 5.55. The number of aryl methyl sites for hydroxylation is 2. The number of nitrogens with two attached hydrogens (primary N) is 1. The Kier molecular flexibility index (Phi) is 4.52. The zero-order chi connectivity index (χ0) is 13.0. The number of hydrogen-bond donors (Lipinski definition) is 2. The number of carboxylic acids is 1. The van der Waals surface area contributed by atoms with Gasteiger partial charge in [0, 0.05) is 6.04 Å². The van der Waals surface area contributed by atoms with Gasteiger partial charge in [0.05, 0.1) is 13.5 Å². The van der Waals surface area contributed by atoms with Gasteiger partial charge in [0.25, 0.3) is 0 Å². The van der Waals surface area contributed by atoms with Crippen LogP contribution in [-0.2, 0) is 11.2 Å². The van der Waals surface area contributed by atoms with E-state index in [0.29, 0.717) is 6.42 Å². The molecule has 0 saturated heterocycles. The fraction of sp³-hybridized carbons (Fsp3) is 0.462. The van der Waals surface area contributed by atoms with Crippen LogP contribution in [0.25, 0.3) is 0 Å². The summed E-state index contributed by atoms with van der Waals surface area (Å²) in [4.78, 5) is 10.6. The number of rotatable bonds is 5. The van der Waals surface area contributed by atoms with Crippen molar-refractivity contribution in [3.05, 3.63) is 28.8 Å². The van der Waals surface area contributed by atoms with Gasteiger partial charge in [-0.2, -0.15) is 0 Å². The third kappa shape index (κ3) is 3.75. The van der Waals surface area contributed by atoms with Crippen molar-refractivity contribution < 1.29 is 14.6 Å². The van der Waals surface area contributed by atoms with Gasteiger partial charge in [-0.15, -0.1) is 0 Å². The van der Waals surface area contributed by atoms with E-state index in [-0.39, 0.29) is 12.5 Å². The number of carbonyl (C=O) groups is 1. The van der Waals surface area contributed by atoms with Crippen LogP contribution in [0.15, 0.2) is 12.1 Å². The molecule has 0 amide bonds. The highest BCUT2D eigenvalue weighted by molar-refractivity contribution is 5.67. The monoisotopic (exact) mass is 237 g/mol. The summed E-state index contributed by atoms with van der Waals surface area (Å²) in [5, 5.41) is 8.68. The quantitative estimate of drug-likeness (QED) is 0.816. The fourth-order valence-electron chi connectivity index (χ4n) is 1.95. The maximum Gasteiger partial charge on any atom is 0.304 e. The molecule has 1 aromatic carbocycles. The van der Waals surface area contributed by atoms with Crippen LogP contribution in [0.4, 0.5) is 0 Å². The van der Waals surface area contributed by atoms with Gasteiger partial charge in [-0.25, -0.2) is 0 Å². The Labute approximate surface area is 101 Å². The molecule has 94 valence electrons. The lowest BCUT2D eigenvalue weighted by molar-refractivity contribution is -0.137. The lowest BCUT2D eigenvalue weighted by atomic mass is 9.95. The summed E-state index contributed by atoms with van der Waals surface area (Å²) >= 11 is 0. The van der Waals surface area contributed by atoms with Gasteiger partial charge >= 0.3 is 5.97 Å². The van der Waals surface area contributed by atoms with Gasteiger partial charge in [0.1, 0.15) is 5.75 Å². The van der Waals surface area contributed by atoms with E-state index in [4.69, 9.17) is 15.6 Å². The van der Waals surface area contributed by atoms with E-state index in [0.717, 1.165) is 22.4 Å². The molecule has 4 heteroatoms. The van der Waals surface area contributed by atoms with Crippen molar-refractivity contribution in [2.75, 3.05) is 7.11 Å². The molecule has 1 rings (SSSR count). The molecule has 1 aromatic rings. The second-order valence-corrected chi connectivity index (χ2v) is 4.30. The van der Waals surface area contributed by atoms with Crippen LogP contribution in [-0.4, -0.2) is 24.2 Å². The van der Waals surface area contributed by atoms with E-state index in [9.17, 15) is 4.79 Å². The molecule has 0 aliphatic rings. The summed E-state index contributed by atoms with van der Waals surface area (Å²) in [6.07, 6.45) is 0.568. The predicted molar refractivity (Wildman–Crippen MR) is 66.4 cm³/mol. The van der Waals surface area contributed by atoms with Crippen molar-refractivity contribution in [2.45, 2.75) is 32.7 Å². The van der Waals surface area contributed by atoms with Gasteiger partial charge in [-0.3, -0.25) is 4.79 Å². The lowest BCUT2D eigenvalue weighted by Gasteiger charge is -2.15. The van der Waals surface area contributed by atoms with Crippen LogP contribution in [0.1, 0.15) is 23.1 Å². The Morgan fingerprint density at radius 1 is 1.41 bits per heavy atom. The van der Waals surface area contributed by atoms with Crippen molar-refractivity contribution in [3.8, 4) is 5.75 Å². The topological polar surface area (TPSA) is 72.5 Å². The minimum atomic E-state index is -0.860. The average Bonchev–Trinajstić information content (AvgIpc) is 2.22. The molecule has 0 aromatic heterocycles. The SMILES string of the molecule is COc1cc(C)c(CC(N)CC(=O)O)c(C)c1. The Hall–Kier alpha value is -1.55. The maximum atomic E-state index is 10.6. The summed E-state index contributed by atoms with van der Waals surface area (Å²) < 4.78 is 5.18. The third-order valence-corrected chi connectivity index (χ3v) is 2.81. The first-order valence-corrected chi connectivity index (χ1v) is 5.55. The molecule has 0 radical (unpaired) electrons. The van der Waals surface area contributed by atoms with Gasteiger partial charge < -0.3 is 15.6 Å². The summed E-state index contributed by atoms with van der Waals surface area (Å²) in [5.74, 6) is -0.0446. The minimum absolute atomic E-state index is 0.00902. The first-order chi connectivity index (χ1) is 7.93. The van der Waals surface area contributed by atoms with Crippen molar-refractivity contribution in [2.24, 2.45) is 5.73 Å². The average molecular weight is 237 g/mol. The fourth-order valence-corrected chi connectivity index (χ4v) is 1.95. The molecule has 0 spiro atoms. The maximum absolute atomic E-state index is 10.6. The number of hydrogen-bond acceptors (Lipinski definition) is 3. The zero-order valence-electron chi connectivity index (χ0n) is 10.5. The summed E-state index contributed by atoms with van der Waals surface area (Å²) in [5.41, 5.74) is 9.09. The molecule has 0 saturated carbocycles. The molecule has 4 nitrogen and oxygen atoms in total. The van der Waals surface area contributed by atoms with E-state index in [2.05, 4.69) is 0 Å². The van der Waals surface area contributed by atoms with Gasteiger partial charge in [0.2, 0.25) is 0 Å². The van der Waals surface area contributed by atoms with E-state index in [1.165, 1.54) is 0 Å². The molecular weight excluding hydrogens is 218 g/mol. The van der Waals surface area contributed by atoms with Crippen LogP contribution in [0.5, 0.6) is 5.75 Å². The highest BCUT2D eigenvalue weighted by Gasteiger charge is 2.13. The van der Waals surface area contributed by atoms with Crippen LogP contribution in [0.2, 0.25) is 0 Å². The molecule has 0 bridgehead atoms. The van der Waals surface area contributed by atoms with Crippen molar-refractivity contribution in [3.63, 3.8) is 0 Å². The molecule has 17 heavy (non-hydrogen) atoms. The van der Waals surface area contributed by atoms with Crippen molar-refractivity contribution in [1.82, 2.24) is 0 Å². The van der Waals surface area contributed by atoms with Crippen molar-refractivity contribution in [1.29, 1.82) is 0 Å². The van der Waals surface area contributed by atoms with E-state index in [1.807, 2.05) is 26.0 Å². The second kappa shape index (κ2) is 5.68. The van der Waals surface area contributed by atoms with Crippen LogP contribution in [0, 0.1) is 13.8 Å². The Bertz CT molecular complexity index is 392. The largest absolute Gasteiger partial charge is 0.497 e. The number of aliphatic carboxylic acids is 1. The number of ether oxygens (including phenoxy) is 1.